The van der Waals surface area contributed by atoms with Crippen LogP contribution < -0.4 is 10.1 Å². The highest BCUT2D eigenvalue weighted by atomic mass is 32.1. The molecule has 0 aliphatic heterocycles. The Morgan fingerprint density at radius 3 is 2.40 bits per heavy atom. The molecule has 0 aliphatic carbocycles. The van der Waals surface area contributed by atoms with Gasteiger partial charge in [-0.05, 0) is 56.1 Å². The first-order valence-corrected chi connectivity index (χ1v) is 7.89. The number of aryl methyl sites for hydroxylation is 2. The highest BCUT2D eigenvalue weighted by Gasteiger charge is 2.16. The second kappa shape index (κ2) is 6.91. The molecule has 0 fully saturated rings. The number of likely N-dealkylation sites (N-methyl/N-ethyl adjacent to an activating group) is 1. The van der Waals surface area contributed by atoms with Crippen molar-refractivity contribution in [3.63, 3.8) is 0 Å². The van der Waals surface area contributed by atoms with Gasteiger partial charge in [0, 0.05) is 15.8 Å². The second-order valence-corrected chi connectivity index (χ2v) is 6.35. The first kappa shape index (κ1) is 15.1. The van der Waals surface area contributed by atoms with Crippen LogP contribution in [0.3, 0.4) is 0 Å². The van der Waals surface area contributed by atoms with Crippen molar-refractivity contribution in [1.82, 2.24) is 5.32 Å². The molecule has 0 saturated carbocycles. The van der Waals surface area contributed by atoms with E-state index in [-0.39, 0.29) is 0 Å². The standard InChI is InChI=1S/C17H23NOS/c1-5-18-16(17-12(2)10-13(3)20-17)11-14-6-8-15(19-4)9-7-14/h6-10,16,18H,5,11H2,1-4H3. The van der Waals surface area contributed by atoms with E-state index in [0.29, 0.717) is 6.04 Å². The monoisotopic (exact) mass is 289 g/mol. The topological polar surface area (TPSA) is 21.3 Å². The molecule has 0 radical (unpaired) electrons. The summed E-state index contributed by atoms with van der Waals surface area (Å²) in [4.78, 5) is 2.84. The number of thiophene rings is 1. The molecule has 0 aliphatic rings. The Morgan fingerprint density at radius 2 is 1.90 bits per heavy atom. The van der Waals surface area contributed by atoms with Crippen LogP contribution in [0.1, 0.15) is 33.8 Å². The first-order chi connectivity index (χ1) is 9.63. The van der Waals surface area contributed by atoms with Gasteiger partial charge in [-0.3, -0.25) is 0 Å². The van der Waals surface area contributed by atoms with Crippen molar-refractivity contribution < 1.29 is 4.74 Å². The summed E-state index contributed by atoms with van der Waals surface area (Å²) >= 11 is 1.90. The van der Waals surface area contributed by atoms with E-state index in [9.17, 15) is 0 Å². The lowest BCUT2D eigenvalue weighted by Crippen LogP contribution is -2.22. The Hall–Kier alpha value is -1.32. The lowest BCUT2D eigenvalue weighted by molar-refractivity contribution is 0.414. The van der Waals surface area contributed by atoms with Gasteiger partial charge < -0.3 is 10.1 Å². The molecule has 1 aromatic carbocycles. The van der Waals surface area contributed by atoms with Crippen molar-refractivity contribution in [3.05, 3.63) is 51.2 Å². The Morgan fingerprint density at radius 1 is 1.20 bits per heavy atom. The molecule has 2 nitrogen and oxygen atoms in total. The molecule has 1 atom stereocenters. The lowest BCUT2D eigenvalue weighted by atomic mass is 10.0. The summed E-state index contributed by atoms with van der Waals surface area (Å²) in [5, 5.41) is 3.61. The van der Waals surface area contributed by atoms with Gasteiger partial charge >= 0.3 is 0 Å². The van der Waals surface area contributed by atoms with Crippen LogP contribution in [0.2, 0.25) is 0 Å². The van der Waals surface area contributed by atoms with Crippen molar-refractivity contribution in [2.24, 2.45) is 0 Å². The molecule has 3 heteroatoms. The number of nitrogens with one attached hydrogen (secondary N) is 1. The Kier molecular flexibility index (Phi) is 5.21. The van der Waals surface area contributed by atoms with Gasteiger partial charge in [0.15, 0.2) is 0 Å². The van der Waals surface area contributed by atoms with Crippen molar-refractivity contribution in [1.29, 1.82) is 0 Å². The van der Waals surface area contributed by atoms with Crippen LogP contribution in [0.4, 0.5) is 0 Å². The van der Waals surface area contributed by atoms with E-state index in [1.54, 1.807) is 7.11 Å². The van der Waals surface area contributed by atoms with E-state index < -0.39 is 0 Å². The Balaban J connectivity index is 2.18. The van der Waals surface area contributed by atoms with Crippen LogP contribution in [0.5, 0.6) is 5.75 Å². The third-order valence-electron chi connectivity index (χ3n) is 3.45. The van der Waals surface area contributed by atoms with E-state index in [0.717, 1.165) is 18.7 Å². The van der Waals surface area contributed by atoms with Crippen molar-refractivity contribution in [3.8, 4) is 5.75 Å². The molecular weight excluding hydrogens is 266 g/mol. The number of rotatable bonds is 6. The maximum atomic E-state index is 5.22. The van der Waals surface area contributed by atoms with Gasteiger partial charge in [-0.1, -0.05) is 19.1 Å². The van der Waals surface area contributed by atoms with E-state index >= 15 is 0 Å². The van der Waals surface area contributed by atoms with Gasteiger partial charge in [0.2, 0.25) is 0 Å². The SMILES string of the molecule is CCNC(Cc1ccc(OC)cc1)c1sc(C)cc1C. The molecule has 0 spiro atoms. The van der Waals surface area contributed by atoms with Gasteiger partial charge in [-0.25, -0.2) is 0 Å². The zero-order chi connectivity index (χ0) is 14.5. The van der Waals surface area contributed by atoms with Crippen LogP contribution in [-0.4, -0.2) is 13.7 Å². The highest BCUT2D eigenvalue weighted by molar-refractivity contribution is 7.12. The maximum Gasteiger partial charge on any atom is 0.118 e. The van der Waals surface area contributed by atoms with Crippen LogP contribution in [0.25, 0.3) is 0 Å². The molecule has 1 aromatic heterocycles. The number of methoxy groups -OCH3 is 1. The van der Waals surface area contributed by atoms with E-state index in [4.69, 9.17) is 4.74 Å². The molecule has 2 rings (SSSR count). The van der Waals surface area contributed by atoms with Crippen molar-refractivity contribution in [2.45, 2.75) is 33.2 Å². The number of hydrogen-bond acceptors (Lipinski definition) is 3. The van der Waals surface area contributed by atoms with Crippen LogP contribution >= 0.6 is 11.3 Å². The summed E-state index contributed by atoms with van der Waals surface area (Å²) < 4.78 is 5.22. The number of ether oxygens (including phenoxy) is 1. The van der Waals surface area contributed by atoms with E-state index in [2.05, 4.69) is 44.3 Å². The zero-order valence-corrected chi connectivity index (χ0v) is 13.5. The fourth-order valence-electron chi connectivity index (χ4n) is 2.51. The van der Waals surface area contributed by atoms with Gasteiger partial charge in [0.05, 0.1) is 7.11 Å². The molecule has 0 saturated heterocycles. The minimum Gasteiger partial charge on any atom is -0.497 e. The minimum atomic E-state index is 0.395. The average Bonchev–Trinajstić information content (AvgIpc) is 2.78. The first-order valence-electron chi connectivity index (χ1n) is 7.07. The summed E-state index contributed by atoms with van der Waals surface area (Å²) in [6, 6.07) is 11.0. The normalized spacial score (nSPS) is 12.4. The molecular formula is C17H23NOS. The minimum absolute atomic E-state index is 0.395. The summed E-state index contributed by atoms with van der Waals surface area (Å²) in [7, 11) is 1.70. The van der Waals surface area contributed by atoms with Gasteiger partial charge in [-0.15, -0.1) is 11.3 Å². The maximum absolute atomic E-state index is 5.22. The number of benzene rings is 1. The molecule has 108 valence electrons. The molecule has 20 heavy (non-hydrogen) atoms. The molecule has 1 N–H and O–H groups in total. The predicted octanol–water partition coefficient (Wildman–Crippen LogP) is 4.27. The second-order valence-electron chi connectivity index (χ2n) is 5.07. The summed E-state index contributed by atoms with van der Waals surface area (Å²) in [5.74, 6) is 0.914. The quantitative estimate of drug-likeness (QED) is 0.857. The van der Waals surface area contributed by atoms with Crippen molar-refractivity contribution >= 4 is 11.3 Å². The van der Waals surface area contributed by atoms with Crippen LogP contribution in [0, 0.1) is 13.8 Å². The van der Waals surface area contributed by atoms with Crippen LogP contribution in [0.15, 0.2) is 30.3 Å². The molecule has 0 bridgehead atoms. The Labute approximate surface area is 125 Å². The fourth-order valence-corrected chi connectivity index (χ4v) is 3.62. The predicted molar refractivity (Wildman–Crippen MR) is 86.9 cm³/mol. The average molecular weight is 289 g/mol. The van der Waals surface area contributed by atoms with Crippen LogP contribution in [-0.2, 0) is 6.42 Å². The Bertz CT molecular complexity index is 545. The van der Waals surface area contributed by atoms with Gasteiger partial charge in [0.25, 0.3) is 0 Å². The van der Waals surface area contributed by atoms with Gasteiger partial charge in [0.1, 0.15) is 5.75 Å². The smallest absolute Gasteiger partial charge is 0.118 e. The lowest BCUT2D eigenvalue weighted by Gasteiger charge is -2.18. The summed E-state index contributed by atoms with van der Waals surface area (Å²) in [6.45, 7) is 7.53. The van der Waals surface area contributed by atoms with E-state index in [1.807, 2.05) is 23.5 Å². The number of hydrogen-bond donors (Lipinski definition) is 1. The third kappa shape index (κ3) is 3.62. The van der Waals surface area contributed by atoms with Gasteiger partial charge in [-0.2, -0.15) is 0 Å². The highest BCUT2D eigenvalue weighted by Crippen LogP contribution is 2.30. The third-order valence-corrected chi connectivity index (χ3v) is 4.71. The summed E-state index contributed by atoms with van der Waals surface area (Å²) in [5.41, 5.74) is 2.73. The largest absolute Gasteiger partial charge is 0.497 e. The molecule has 1 heterocycles. The summed E-state index contributed by atoms with van der Waals surface area (Å²) in [6.07, 6.45) is 1.01. The zero-order valence-electron chi connectivity index (χ0n) is 12.7. The fraction of sp³-hybridized carbons (Fsp3) is 0.412. The van der Waals surface area contributed by atoms with E-state index in [1.165, 1.54) is 20.9 Å². The molecule has 1 unspecified atom stereocenters. The molecule has 2 aromatic rings. The molecule has 0 amide bonds. The van der Waals surface area contributed by atoms with Crippen molar-refractivity contribution in [2.75, 3.05) is 13.7 Å².